The minimum atomic E-state index is -2.09. The van der Waals surface area contributed by atoms with Crippen molar-refractivity contribution in [1.82, 2.24) is 0 Å². The fourth-order valence-electron chi connectivity index (χ4n) is 5.90. The second-order valence-corrected chi connectivity index (χ2v) is 8.92. The number of methoxy groups -OCH3 is 4. The van der Waals surface area contributed by atoms with Gasteiger partial charge in [0.1, 0.15) is 29.1 Å². The summed E-state index contributed by atoms with van der Waals surface area (Å²) in [5.74, 6) is -1.04. The van der Waals surface area contributed by atoms with E-state index in [-0.39, 0.29) is 17.1 Å². The molecule has 1 aliphatic carbocycles. The molecule has 0 spiro atoms. The zero-order chi connectivity index (χ0) is 25.7. The second kappa shape index (κ2) is 8.72. The maximum absolute atomic E-state index is 13.2. The third kappa shape index (κ3) is 3.04. The van der Waals surface area contributed by atoms with Gasteiger partial charge in [0.05, 0.1) is 39.9 Å². The molecule has 5 rings (SSSR count). The first-order valence-corrected chi connectivity index (χ1v) is 11.5. The first-order valence-electron chi connectivity index (χ1n) is 11.5. The van der Waals surface area contributed by atoms with E-state index in [0.29, 0.717) is 22.6 Å². The molecule has 0 aromatic heterocycles. The normalized spacial score (nSPS) is 28.0. The topological polar surface area (TPSA) is 104 Å². The Hall–Kier alpha value is -3.75. The number of carbonyl (C=O) groups is 1. The largest absolute Gasteiger partial charge is 0.497 e. The van der Waals surface area contributed by atoms with Gasteiger partial charge in [0.15, 0.2) is 11.2 Å². The standard InChI is InChI=1S/C28H28O8/c1-32-18-12-10-17(11-13-18)28-23(16-8-6-5-7-9-16)22(26(30)35-4)25(29)27(28,31)24-20(34-3)14-19(33-2)15-21(24)36-28/h5-15,22-23,25,29,31H,1-4H3/t22-,23?,25-,27-,28-/m0/s1. The van der Waals surface area contributed by atoms with E-state index >= 15 is 0 Å². The van der Waals surface area contributed by atoms with Crippen molar-refractivity contribution in [2.24, 2.45) is 5.92 Å². The molecule has 0 radical (unpaired) electrons. The summed E-state index contributed by atoms with van der Waals surface area (Å²) >= 11 is 0. The first kappa shape index (κ1) is 24.0. The molecule has 2 aliphatic rings. The van der Waals surface area contributed by atoms with Crippen molar-refractivity contribution in [3.05, 3.63) is 83.4 Å². The Bertz CT molecular complexity index is 1270. The lowest BCUT2D eigenvalue weighted by molar-refractivity contribution is -0.161. The Morgan fingerprint density at radius 3 is 2.14 bits per heavy atom. The van der Waals surface area contributed by atoms with E-state index in [2.05, 4.69) is 0 Å². The summed E-state index contributed by atoms with van der Waals surface area (Å²) in [5.41, 5.74) is -2.24. The summed E-state index contributed by atoms with van der Waals surface area (Å²) < 4.78 is 28.2. The summed E-state index contributed by atoms with van der Waals surface area (Å²) in [5, 5.41) is 24.5. The van der Waals surface area contributed by atoms with Crippen LogP contribution in [0.15, 0.2) is 66.7 Å². The van der Waals surface area contributed by atoms with Crippen molar-refractivity contribution in [3.63, 3.8) is 0 Å². The molecule has 5 atom stereocenters. The van der Waals surface area contributed by atoms with E-state index in [1.165, 1.54) is 21.3 Å². The fraction of sp³-hybridized carbons (Fsp3) is 0.321. The molecular weight excluding hydrogens is 464 g/mol. The highest BCUT2D eigenvalue weighted by atomic mass is 16.6. The van der Waals surface area contributed by atoms with E-state index in [4.69, 9.17) is 23.7 Å². The number of fused-ring (bicyclic) bond motifs is 3. The van der Waals surface area contributed by atoms with E-state index in [1.807, 2.05) is 30.3 Å². The zero-order valence-corrected chi connectivity index (χ0v) is 20.4. The number of hydrogen-bond acceptors (Lipinski definition) is 8. The van der Waals surface area contributed by atoms with Crippen molar-refractivity contribution in [2.45, 2.75) is 23.2 Å². The molecule has 0 bridgehead atoms. The molecular formula is C28H28O8. The maximum Gasteiger partial charge on any atom is 0.312 e. The molecule has 1 aliphatic heterocycles. The minimum absolute atomic E-state index is 0.237. The van der Waals surface area contributed by atoms with Gasteiger partial charge in [0, 0.05) is 18.1 Å². The summed E-state index contributed by atoms with van der Waals surface area (Å²) in [6.45, 7) is 0. The summed E-state index contributed by atoms with van der Waals surface area (Å²) in [4.78, 5) is 13.2. The van der Waals surface area contributed by atoms with Gasteiger partial charge in [0.2, 0.25) is 0 Å². The predicted octanol–water partition coefficient (Wildman–Crippen LogP) is 3.14. The molecule has 1 saturated carbocycles. The maximum atomic E-state index is 13.2. The molecule has 1 fully saturated rings. The van der Waals surface area contributed by atoms with E-state index in [1.54, 1.807) is 43.5 Å². The molecule has 8 nitrogen and oxygen atoms in total. The Balaban J connectivity index is 1.88. The van der Waals surface area contributed by atoms with Gasteiger partial charge >= 0.3 is 5.97 Å². The van der Waals surface area contributed by atoms with Crippen molar-refractivity contribution < 1.29 is 38.7 Å². The van der Waals surface area contributed by atoms with Crippen LogP contribution in [-0.4, -0.2) is 50.7 Å². The monoisotopic (exact) mass is 492 g/mol. The average Bonchev–Trinajstić information content (AvgIpc) is 3.30. The van der Waals surface area contributed by atoms with Crippen molar-refractivity contribution in [1.29, 1.82) is 0 Å². The van der Waals surface area contributed by atoms with Crippen LogP contribution >= 0.6 is 0 Å². The van der Waals surface area contributed by atoms with Gasteiger partial charge in [-0.3, -0.25) is 4.79 Å². The predicted molar refractivity (Wildman–Crippen MR) is 129 cm³/mol. The van der Waals surface area contributed by atoms with Gasteiger partial charge in [-0.25, -0.2) is 0 Å². The first-order chi connectivity index (χ1) is 17.4. The van der Waals surface area contributed by atoms with Crippen LogP contribution in [0.1, 0.15) is 22.6 Å². The molecule has 2 N–H and O–H groups in total. The lowest BCUT2D eigenvalue weighted by Crippen LogP contribution is -2.52. The van der Waals surface area contributed by atoms with E-state index in [9.17, 15) is 15.0 Å². The van der Waals surface area contributed by atoms with Gasteiger partial charge in [0.25, 0.3) is 0 Å². The van der Waals surface area contributed by atoms with Gasteiger partial charge in [-0.05, 0) is 23.3 Å². The number of carbonyl (C=O) groups excluding carboxylic acids is 1. The van der Waals surface area contributed by atoms with Crippen LogP contribution in [0.2, 0.25) is 0 Å². The van der Waals surface area contributed by atoms with Crippen LogP contribution in [0.25, 0.3) is 0 Å². The number of rotatable bonds is 6. The van der Waals surface area contributed by atoms with Gasteiger partial charge < -0.3 is 33.9 Å². The number of ether oxygens (including phenoxy) is 5. The van der Waals surface area contributed by atoms with E-state index in [0.717, 1.165) is 0 Å². The second-order valence-electron chi connectivity index (χ2n) is 8.92. The molecule has 8 heteroatoms. The molecule has 1 heterocycles. The lowest BCUT2D eigenvalue weighted by Gasteiger charge is -2.40. The smallest absolute Gasteiger partial charge is 0.312 e. The molecule has 0 saturated heterocycles. The minimum Gasteiger partial charge on any atom is -0.497 e. The zero-order valence-electron chi connectivity index (χ0n) is 20.4. The van der Waals surface area contributed by atoms with Crippen LogP contribution in [0, 0.1) is 5.92 Å². The number of aliphatic hydroxyl groups excluding tert-OH is 1. The fourth-order valence-corrected chi connectivity index (χ4v) is 5.90. The molecule has 1 unspecified atom stereocenters. The highest BCUT2D eigenvalue weighted by Gasteiger charge is 2.78. The van der Waals surface area contributed by atoms with Gasteiger partial charge in [-0.2, -0.15) is 0 Å². The van der Waals surface area contributed by atoms with Crippen LogP contribution in [0.4, 0.5) is 0 Å². The molecule has 36 heavy (non-hydrogen) atoms. The van der Waals surface area contributed by atoms with Gasteiger partial charge in [-0.15, -0.1) is 0 Å². The Morgan fingerprint density at radius 2 is 1.56 bits per heavy atom. The van der Waals surface area contributed by atoms with Crippen molar-refractivity contribution >= 4 is 5.97 Å². The van der Waals surface area contributed by atoms with Crippen LogP contribution < -0.4 is 18.9 Å². The average molecular weight is 493 g/mol. The SMILES string of the molecule is COC(=O)[C@H]1C(c2ccccc2)[C@]2(c3ccc(OC)cc3)Oc3cc(OC)cc(OC)c3[C@]2(O)[C@H]1O. The van der Waals surface area contributed by atoms with Crippen LogP contribution in [0.5, 0.6) is 23.0 Å². The highest BCUT2D eigenvalue weighted by Crippen LogP contribution is 2.70. The summed E-state index contributed by atoms with van der Waals surface area (Å²) in [6.07, 6.45) is -1.60. The number of benzene rings is 3. The summed E-state index contributed by atoms with van der Waals surface area (Å²) in [7, 11) is 5.79. The quantitative estimate of drug-likeness (QED) is 0.506. The lowest BCUT2D eigenvalue weighted by atomic mass is 9.70. The van der Waals surface area contributed by atoms with Gasteiger partial charge in [-0.1, -0.05) is 42.5 Å². The molecule has 0 amide bonds. The Labute approximate surface area is 209 Å². The molecule has 3 aromatic rings. The van der Waals surface area contributed by atoms with Crippen LogP contribution in [-0.2, 0) is 20.7 Å². The number of esters is 1. The Morgan fingerprint density at radius 1 is 0.889 bits per heavy atom. The number of aliphatic hydroxyl groups is 2. The molecule has 188 valence electrons. The third-order valence-corrected chi connectivity index (χ3v) is 7.43. The molecule has 3 aromatic carbocycles. The van der Waals surface area contributed by atoms with Crippen molar-refractivity contribution in [3.8, 4) is 23.0 Å². The number of hydrogen-bond donors (Lipinski definition) is 2. The third-order valence-electron chi connectivity index (χ3n) is 7.43. The van der Waals surface area contributed by atoms with Crippen LogP contribution in [0.3, 0.4) is 0 Å². The van der Waals surface area contributed by atoms with E-state index < -0.39 is 35.1 Å². The summed E-state index contributed by atoms with van der Waals surface area (Å²) in [6, 6.07) is 19.5. The highest BCUT2D eigenvalue weighted by molar-refractivity contribution is 5.78. The van der Waals surface area contributed by atoms with Crippen molar-refractivity contribution in [2.75, 3.05) is 28.4 Å². The Kier molecular flexibility index (Phi) is 5.81.